The summed E-state index contributed by atoms with van der Waals surface area (Å²) in [6.07, 6.45) is 4.83. The van der Waals surface area contributed by atoms with Gasteiger partial charge in [-0.2, -0.15) is 0 Å². The van der Waals surface area contributed by atoms with Crippen molar-refractivity contribution < 1.29 is 4.39 Å². The normalized spacial score (nSPS) is 11.7. The molecule has 0 aliphatic heterocycles. The Morgan fingerprint density at radius 1 is 1.45 bits per heavy atom. The summed E-state index contributed by atoms with van der Waals surface area (Å²) in [5, 5.41) is 0. The molecular formula is C10H17F. The van der Waals surface area contributed by atoms with Crippen LogP contribution in [0, 0.1) is 0 Å². The predicted octanol–water partition coefficient (Wildman–Crippen LogP) is 4.00. The molecule has 0 aromatic rings. The van der Waals surface area contributed by atoms with Crippen LogP contribution in [0.15, 0.2) is 24.1 Å². The van der Waals surface area contributed by atoms with E-state index in [0.717, 1.165) is 24.8 Å². The third-order valence-corrected chi connectivity index (χ3v) is 1.45. The molecule has 0 amide bonds. The first kappa shape index (κ1) is 10.4. The van der Waals surface area contributed by atoms with Gasteiger partial charge < -0.3 is 0 Å². The molecule has 0 radical (unpaired) electrons. The van der Waals surface area contributed by atoms with E-state index in [1.807, 2.05) is 13.8 Å². The number of hydrogen-bond acceptors (Lipinski definition) is 0. The summed E-state index contributed by atoms with van der Waals surface area (Å²) >= 11 is 0. The van der Waals surface area contributed by atoms with Crippen LogP contribution in [-0.2, 0) is 0 Å². The predicted molar refractivity (Wildman–Crippen MR) is 48.1 cm³/mol. The number of hydrogen-bond donors (Lipinski definition) is 0. The lowest BCUT2D eigenvalue weighted by Crippen LogP contribution is -1.78. The molecule has 11 heavy (non-hydrogen) atoms. The van der Waals surface area contributed by atoms with E-state index in [2.05, 4.69) is 6.58 Å². The summed E-state index contributed by atoms with van der Waals surface area (Å²) in [6.45, 7) is 7.68. The third kappa shape index (κ3) is 7.31. The SMILES string of the molecule is C=C(C)CCC(F)=CCCC. The van der Waals surface area contributed by atoms with Crippen LogP contribution in [0.4, 0.5) is 4.39 Å². The Hall–Kier alpha value is -0.590. The van der Waals surface area contributed by atoms with Gasteiger partial charge in [0.15, 0.2) is 0 Å². The van der Waals surface area contributed by atoms with E-state index in [0.29, 0.717) is 6.42 Å². The Balaban J connectivity index is 3.50. The fraction of sp³-hybridized carbons (Fsp3) is 0.600. The topological polar surface area (TPSA) is 0 Å². The van der Waals surface area contributed by atoms with Crippen LogP contribution in [0.2, 0.25) is 0 Å². The molecule has 0 aromatic heterocycles. The second-order valence-corrected chi connectivity index (χ2v) is 2.90. The molecule has 0 atom stereocenters. The quantitative estimate of drug-likeness (QED) is 0.528. The zero-order chi connectivity index (χ0) is 8.69. The molecule has 0 N–H and O–H groups in total. The first-order valence-electron chi connectivity index (χ1n) is 4.15. The second-order valence-electron chi connectivity index (χ2n) is 2.90. The average Bonchev–Trinajstić information content (AvgIpc) is 1.97. The van der Waals surface area contributed by atoms with E-state index in [1.165, 1.54) is 0 Å². The molecule has 0 unspecified atom stereocenters. The van der Waals surface area contributed by atoms with Gasteiger partial charge in [-0.3, -0.25) is 0 Å². The molecule has 0 aromatic carbocycles. The van der Waals surface area contributed by atoms with Crippen LogP contribution in [0.5, 0.6) is 0 Å². The maximum Gasteiger partial charge on any atom is 0.0963 e. The Bertz CT molecular complexity index is 145. The van der Waals surface area contributed by atoms with Crippen LogP contribution >= 0.6 is 0 Å². The van der Waals surface area contributed by atoms with Crippen LogP contribution in [0.1, 0.15) is 39.5 Å². The molecule has 64 valence electrons. The first-order chi connectivity index (χ1) is 5.16. The van der Waals surface area contributed by atoms with Crippen molar-refractivity contribution in [3.63, 3.8) is 0 Å². The molecule has 0 bridgehead atoms. The van der Waals surface area contributed by atoms with Crippen LogP contribution < -0.4 is 0 Å². The summed E-state index contributed by atoms with van der Waals surface area (Å²) in [7, 11) is 0. The van der Waals surface area contributed by atoms with Gasteiger partial charge in [0.25, 0.3) is 0 Å². The maximum absolute atomic E-state index is 12.8. The molecule has 0 saturated heterocycles. The van der Waals surface area contributed by atoms with E-state index in [1.54, 1.807) is 6.08 Å². The van der Waals surface area contributed by atoms with E-state index >= 15 is 0 Å². The fourth-order valence-corrected chi connectivity index (χ4v) is 0.736. The molecule has 0 fully saturated rings. The number of allylic oxidation sites excluding steroid dienone is 3. The fourth-order valence-electron chi connectivity index (χ4n) is 0.736. The Kier molecular flexibility index (Phi) is 5.81. The summed E-state index contributed by atoms with van der Waals surface area (Å²) in [6, 6.07) is 0. The van der Waals surface area contributed by atoms with Crippen LogP contribution in [0.25, 0.3) is 0 Å². The number of halogens is 1. The zero-order valence-electron chi connectivity index (χ0n) is 7.49. The molecule has 1 heteroatoms. The monoisotopic (exact) mass is 156 g/mol. The van der Waals surface area contributed by atoms with Gasteiger partial charge in [-0.05, 0) is 19.8 Å². The maximum atomic E-state index is 12.8. The Labute approximate surface area is 68.8 Å². The lowest BCUT2D eigenvalue weighted by atomic mass is 10.1. The molecule has 0 aliphatic carbocycles. The molecule has 0 aliphatic rings. The van der Waals surface area contributed by atoms with Crippen molar-refractivity contribution >= 4 is 0 Å². The molecule has 0 rings (SSSR count). The summed E-state index contributed by atoms with van der Waals surface area (Å²) in [5.41, 5.74) is 1.05. The van der Waals surface area contributed by atoms with Crippen molar-refractivity contribution in [2.45, 2.75) is 39.5 Å². The molecule has 0 spiro atoms. The lowest BCUT2D eigenvalue weighted by molar-refractivity contribution is 0.580. The van der Waals surface area contributed by atoms with Gasteiger partial charge in [-0.25, -0.2) is 4.39 Å². The molecular weight excluding hydrogens is 139 g/mol. The largest absolute Gasteiger partial charge is 0.212 e. The lowest BCUT2D eigenvalue weighted by Gasteiger charge is -1.96. The third-order valence-electron chi connectivity index (χ3n) is 1.45. The highest BCUT2D eigenvalue weighted by molar-refractivity contribution is 4.97. The van der Waals surface area contributed by atoms with Gasteiger partial charge in [0, 0.05) is 6.42 Å². The van der Waals surface area contributed by atoms with Crippen molar-refractivity contribution in [1.82, 2.24) is 0 Å². The van der Waals surface area contributed by atoms with E-state index < -0.39 is 0 Å². The summed E-state index contributed by atoms with van der Waals surface area (Å²) < 4.78 is 12.8. The summed E-state index contributed by atoms with van der Waals surface area (Å²) in [5.74, 6) is 0.00912. The minimum atomic E-state index is 0.00912. The standard InChI is InChI=1S/C10H17F/c1-4-5-6-10(11)8-7-9(2)3/h6H,2,4-5,7-8H2,1,3H3. The highest BCUT2D eigenvalue weighted by atomic mass is 19.1. The number of rotatable bonds is 5. The highest BCUT2D eigenvalue weighted by Crippen LogP contribution is 2.11. The van der Waals surface area contributed by atoms with Gasteiger partial charge in [-0.1, -0.05) is 25.0 Å². The zero-order valence-corrected chi connectivity index (χ0v) is 7.49. The van der Waals surface area contributed by atoms with Crippen molar-refractivity contribution in [2.75, 3.05) is 0 Å². The molecule has 0 nitrogen and oxygen atoms in total. The highest BCUT2D eigenvalue weighted by Gasteiger charge is 1.93. The second kappa shape index (κ2) is 6.14. The van der Waals surface area contributed by atoms with Crippen molar-refractivity contribution in [3.05, 3.63) is 24.1 Å². The van der Waals surface area contributed by atoms with Crippen molar-refractivity contribution in [1.29, 1.82) is 0 Å². The Morgan fingerprint density at radius 2 is 2.09 bits per heavy atom. The minimum absolute atomic E-state index is 0.00912. The van der Waals surface area contributed by atoms with Crippen molar-refractivity contribution in [2.24, 2.45) is 0 Å². The van der Waals surface area contributed by atoms with E-state index in [-0.39, 0.29) is 5.83 Å². The minimum Gasteiger partial charge on any atom is -0.212 e. The van der Waals surface area contributed by atoms with Gasteiger partial charge in [0.2, 0.25) is 0 Å². The van der Waals surface area contributed by atoms with E-state index in [4.69, 9.17) is 0 Å². The van der Waals surface area contributed by atoms with Crippen LogP contribution in [0.3, 0.4) is 0 Å². The van der Waals surface area contributed by atoms with Gasteiger partial charge in [-0.15, -0.1) is 6.58 Å². The first-order valence-corrected chi connectivity index (χ1v) is 4.15. The van der Waals surface area contributed by atoms with Crippen LogP contribution in [-0.4, -0.2) is 0 Å². The summed E-state index contributed by atoms with van der Waals surface area (Å²) in [4.78, 5) is 0. The number of unbranched alkanes of at least 4 members (excludes halogenated alkanes) is 1. The smallest absolute Gasteiger partial charge is 0.0963 e. The molecule has 0 saturated carbocycles. The van der Waals surface area contributed by atoms with Crippen molar-refractivity contribution in [3.8, 4) is 0 Å². The average molecular weight is 156 g/mol. The van der Waals surface area contributed by atoms with Gasteiger partial charge in [0.1, 0.15) is 0 Å². The van der Waals surface area contributed by atoms with E-state index in [9.17, 15) is 4.39 Å². The molecule has 0 heterocycles. The Morgan fingerprint density at radius 3 is 2.55 bits per heavy atom. The van der Waals surface area contributed by atoms with Gasteiger partial charge in [0.05, 0.1) is 5.83 Å². The van der Waals surface area contributed by atoms with Gasteiger partial charge >= 0.3 is 0 Å².